The van der Waals surface area contributed by atoms with E-state index in [-0.39, 0.29) is 0 Å². The molecule has 6 nitrogen and oxygen atoms in total. The topological polar surface area (TPSA) is 90.9 Å². The molecular weight excluding hydrogens is 348 g/mol. The summed E-state index contributed by atoms with van der Waals surface area (Å²) in [6, 6.07) is 8.27. The minimum absolute atomic E-state index is 0.455. The molecule has 150 valence electrons. The van der Waals surface area contributed by atoms with E-state index in [4.69, 9.17) is 11.1 Å². The van der Waals surface area contributed by atoms with Crippen LogP contribution in [0.1, 0.15) is 44.2 Å². The summed E-state index contributed by atoms with van der Waals surface area (Å²) in [5, 5.41) is 11.3. The van der Waals surface area contributed by atoms with Crippen molar-refractivity contribution in [2.45, 2.75) is 44.6 Å². The van der Waals surface area contributed by atoms with Crippen LogP contribution >= 0.6 is 0 Å². The normalized spacial score (nSPS) is 16.4. The molecule has 1 aliphatic heterocycles. The summed E-state index contributed by atoms with van der Waals surface area (Å²) in [5.74, 6) is 0. The lowest BCUT2D eigenvalue weighted by Gasteiger charge is -2.32. The van der Waals surface area contributed by atoms with Crippen LogP contribution in [-0.2, 0) is 0 Å². The van der Waals surface area contributed by atoms with Crippen molar-refractivity contribution in [3.8, 4) is 0 Å². The number of aromatic nitrogens is 2. The summed E-state index contributed by atoms with van der Waals surface area (Å²) in [6.45, 7) is 4.29. The number of unbranched alkanes of at least 4 members (excludes halogenated alkanes) is 3. The zero-order valence-corrected chi connectivity index (χ0v) is 16.6. The predicted molar refractivity (Wildman–Crippen MR) is 116 cm³/mol. The minimum Gasteiger partial charge on any atom is -0.387 e. The molecule has 1 saturated heterocycles. The van der Waals surface area contributed by atoms with Crippen LogP contribution in [0.5, 0.6) is 0 Å². The maximum atomic E-state index is 7.76. The quantitative estimate of drug-likeness (QED) is 0.435. The number of fused-ring (bicyclic) bond motifs is 1. The molecule has 0 atom stereocenters. The molecule has 3 rings (SSSR count). The van der Waals surface area contributed by atoms with Gasteiger partial charge in [0.1, 0.15) is 0 Å². The minimum atomic E-state index is 0.455. The van der Waals surface area contributed by atoms with Crippen LogP contribution in [0.2, 0.25) is 0 Å². The predicted octanol–water partition coefficient (Wildman–Crippen LogP) is 3.19. The SMILES string of the molecule is N=C/C(=C\NC1CCN(CCCCCCN)CC1)c1cnc2ccccc2n1. The maximum absolute atomic E-state index is 7.76. The van der Waals surface area contributed by atoms with Gasteiger partial charge < -0.3 is 21.4 Å². The van der Waals surface area contributed by atoms with Crippen LogP contribution in [0.3, 0.4) is 0 Å². The van der Waals surface area contributed by atoms with Gasteiger partial charge in [0.2, 0.25) is 0 Å². The van der Waals surface area contributed by atoms with E-state index in [0.717, 1.165) is 61.2 Å². The van der Waals surface area contributed by atoms with Crippen LogP contribution in [0.25, 0.3) is 16.6 Å². The fourth-order valence-corrected chi connectivity index (χ4v) is 3.65. The Balaban J connectivity index is 1.48. The second-order valence-corrected chi connectivity index (χ2v) is 7.47. The molecular formula is C22H32N6. The van der Waals surface area contributed by atoms with E-state index < -0.39 is 0 Å². The van der Waals surface area contributed by atoms with Crippen molar-refractivity contribution in [1.82, 2.24) is 20.2 Å². The number of hydrogen-bond acceptors (Lipinski definition) is 6. The number of benzene rings is 1. The average Bonchev–Trinajstić information content (AvgIpc) is 2.75. The highest BCUT2D eigenvalue weighted by molar-refractivity contribution is 6.07. The third-order valence-electron chi connectivity index (χ3n) is 5.39. The molecule has 0 amide bonds. The molecule has 28 heavy (non-hydrogen) atoms. The number of nitrogens with one attached hydrogen (secondary N) is 2. The molecule has 0 aliphatic carbocycles. The number of allylic oxidation sites excluding steroid dienone is 1. The van der Waals surface area contributed by atoms with Gasteiger partial charge in [-0.05, 0) is 50.9 Å². The van der Waals surface area contributed by atoms with Gasteiger partial charge in [-0.25, -0.2) is 4.98 Å². The Bertz CT molecular complexity index is 779. The number of nitrogens with zero attached hydrogens (tertiary/aromatic N) is 3. The van der Waals surface area contributed by atoms with Crippen LogP contribution < -0.4 is 11.1 Å². The summed E-state index contributed by atoms with van der Waals surface area (Å²) in [4.78, 5) is 11.7. The van der Waals surface area contributed by atoms with E-state index >= 15 is 0 Å². The Hall–Kier alpha value is -2.31. The standard InChI is InChI=1S/C22H32N6/c23-11-5-1-2-6-12-28-13-9-19(10-14-28)25-16-18(15-24)22-17-26-20-7-3-4-8-21(20)27-22/h3-4,7-8,15-17,19,24-25H,1-2,5-6,9-14,23H2/b18-16+,24-15?. The highest BCUT2D eigenvalue weighted by atomic mass is 15.1. The van der Waals surface area contributed by atoms with Gasteiger partial charge in [-0.15, -0.1) is 0 Å². The lowest BCUT2D eigenvalue weighted by atomic mass is 10.0. The zero-order chi connectivity index (χ0) is 19.6. The molecule has 0 saturated carbocycles. The third kappa shape index (κ3) is 5.84. The first-order valence-electron chi connectivity index (χ1n) is 10.4. The summed E-state index contributed by atoms with van der Waals surface area (Å²) in [7, 11) is 0. The molecule has 6 heteroatoms. The Morgan fingerprint density at radius 1 is 1.14 bits per heavy atom. The van der Waals surface area contributed by atoms with Crippen LogP contribution in [0, 0.1) is 5.41 Å². The second kappa shape index (κ2) is 10.9. The maximum Gasteiger partial charge on any atom is 0.0922 e. The van der Waals surface area contributed by atoms with Crippen molar-refractivity contribution in [2.75, 3.05) is 26.2 Å². The van der Waals surface area contributed by atoms with Gasteiger partial charge in [0, 0.05) is 37.1 Å². The summed E-state index contributed by atoms with van der Waals surface area (Å²) in [6.07, 6.45) is 12.3. The number of nitrogens with two attached hydrogens (primary N) is 1. The molecule has 2 aromatic rings. The summed E-state index contributed by atoms with van der Waals surface area (Å²) >= 11 is 0. The highest BCUT2D eigenvalue weighted by Crippen LogP contribution is 2.15. The number of para-hydroxylation sites is 2. The van der Waals surface area contributed by atoms with Crippen LogP contribution in [-0.4, -0.2) is 53.3 Å². The smallest absolute Gasteiger partial charge is 0.0922 e. The molecule has 1 aromatic heterocycles. The first kappa shape index (κ1) is 20.4. The van der Waals surface area contributed by atoms with E-state index in [1.54, 1.807) is 6.20 Å². The molecule has 0 spiro atoms. The van der Waals surface area contributed by atoms with Crippen molar-refractivity contribution in [3.05, 3.63) is 42.4 Å². The Morgan fingerprint density at radius 2 is 1.89 bits per heavy atom. The average molecular weight is 381 g/mol. The van der Waals surface area contributed by atoms with Crippen molar-refractivity contribution >= 4 is 22.8 Å². The fourth-order valence-electron chi connectivity index (χ4n) is 3.65. The van der Waals surface area contributed by atoms with Crippen LogP contribution in [0.15, 0.2) is 36.7 Å². The van der Waals surface area contributed by atoms with E-state index in [1.165, 1.54) is 32.0 Å². The van der Waals surface area contributed by atoms with Crippen LogP contribution in [0.4, 0.5) is 0 Å². The second-order valence-electron chi connectivity index (χ2n) is 7.47. The van der Waals surface area contributed by atoms with E-state index in [2.05, 4.69) is 20.2 Å². The highest BCUT2D eigenvalue weighted by Gasteiger charge is 2.17. The summed E-state index contributed by atoms with van der Waals surface area (Å²) in [5.41, 5.74) is 8.77. The van der Waals surface area contributed by atoms with Gasteiger partial charge in [0.25, 0.3) is 0 Å². The first-order chi connectivity index (χ1) is 13.8. The molecule has 4 N–H and O–H groups in total. The number of hydrogen-bond donors (Lipinski definition) is 3. The van der Waals surface area contributed by atoms with Crippen molar-refractivity contribution in [2.24, 2.45) is 5.73 Å². The number of likely N-dealkylation sites (tertiary alicyclic amines) is 1. The van der Waals surface area contributed by atoms with Gasteiger partial charge in [-0.3, -0.25) is 4.98 Å². The molecule has 0 radical (unpaired) electrons. The Labute approximate surface area is 167 Å². The number of piperidine rings is 1. The Kier molecular flexibility index (Phi) is 7.94. The van der Waals surface area contributed by atoms with Gasteiger partial charge in [-0.2, -0.15) is 0 Å². The first-order valence-corrected chi connectivity index (χ1v) is 10.4. The molecule has 1 aromatic carbocycles. The largest absolute Gasteiger partial charge is 0.387 e. The number of rotatable bonds is 10. The van der Waals surface area contributed by atoms with Gasteiger partial charge in [0.05, 0.1) is 22.9 Å². The lowest BCUT2D eigenvalue weighted by Crippen LogP contribution is -2.41. The van der Waals surface area contributed by atoms with Crippen molar-refractivity contribution in [1.29, 1.82) is 5.41 Å². The van der Waals surface area contributed by atoms with Gasteiger partial charge >= 0.3 is 0 Å². The fraction of sp³-hybridized carbons (Fsp3) is 0.500. The summed E-state index contributed by atoms with van der Waals surface area (Å²) < 4.78 is 0. The van der Waals surface area contributed by atoms with E-state index in [1.807, 2.05) is 30.5 Å². The molecule has 1 fully saturated rings. The molecule has 2 heterocycles. The van der Waals surface area contributed by atoms with Gasteiger partial charge in [-0.1, -0.05) is 25.0 Å². The monoisotopic (exact) mass is 380 g/mol. The third-order valence-corrected chi connectivity index (χ3v) is 5.39. The molecule has 0 unspecified atom stereocenters. The van der Waals surface area contributed by atoms with Crippen molar-refractivity contribution < 1.29 is 0 Å². The van der Waals surface area contributed by atoms with E-state index in [0.29, 0.717) is 6.04 Å². The van der Waals surface area contributed by atoms with E-state index in [9.17, 15) is 0 Å². The molecule has 1 aliphatic rings. The van der Waals surface area contributed by atoms with Crippen molar-refractivity contribution in [3.63, 3.8) is 0 Å². The molecule has 0 bridgehead atoms. The van der Waals surface area contributed by atoms with Gasteiger partial charge in [0.15, 0.2) is 0 Å². The Morgan fingerprint density at radius 3 is 2.64 bits per heavy atom. The zero-order valence-electron chi connectivity index (χ0n) is 16.6. The lowest BCUT2D eigenvalue weighted by molar-refractivity contribution is 0.200.